The highest BCUT2D eigenvalue weighted by Crippen LogP contribution is 2.27. The van der Waals surface area contributed by atoms with Gasteiger partial charge in [-0.15, -0.1) is 0 Å². The maximum Gasteiger partial charge on any atom is 0.130 e. The van der Waals surface area contributed by atoms with Crippen molar-refractivity contribution in [3.8, 4) is 0 Å². The second-order valence-electron chi connectivity index (χ2n) is 5.98. The summed E-state index contributed by atoms with van der Waals surface area (Å²) in [5.41, 5.74) is 1.33. The zero-order valence-electron chi connectivity index (χ0n) is 12.5. The van der Waals surface area contributed by atoms with Crippen molar-refractivity contribution in [3.63, 3.8) is 0 Å². The predicted molar refractivity (Wildman–Crippen MR) is 82.9 cm³/mol. The van der Waals surface area contributed by atoms with Gasteiger partial charge < -0.3 is 5.32 Å². The molecule has 4 nitrogen and oxygen atoms in total. The average molecular weight is 274 g/mol. The summed E-state index contributed by atoms with van der Waals surface area (Å²) >= 11 is 0. The van der Waals surface area contributed by atoms with Crippen molar-refractivity contribution >= 4 is 5.82 Å². The summed E-state index contributed by atoms with van der Waals surface area (Å²) in [7, 11) is 0. The molecule has 1 aliphatic carbocycles. The highest BCUT2D eigenvalue weighted by Gasteiger charge is 2.31. The van der Waals surface area contributed by atoms with Crippen LogP contribution in [0.25, 0.3) is 0 Å². The molecule has 1 saturated heterocycles. The fraction of sp³-hybridized carbons (Fsp3) is 0.688. The summed E-state index contributed by atoms with van der Waals surface area (Å²) in [6, 6.07) is 5.17. The molecule has 0 spiro atoms. The first kappa shape index (κ1) is 13.8. The van der Waals surface area contributed by atoms with Crippen LogP contribution in [-0.2, 0) is 6.54 Å². The van der Waals surface area contributed by atoms with Gasteiger partial charge in [-0.1, -0.05) is 13.0 Å². The van der Waals surface area contributed by atoms with Crippen molar-refractivity contribution in [1.82, 2.24) is 14.8 Å². The van der Waals surface area contributed by atoms with Crippen molar-refractivity contribution < 1.29 is 0 Å². The molecule has 1 aromatic rings. The summed E-state index contributed by atoms with van der Waals surface area (Å²) in [4.78, 5) is 9.71. The van der Waals surface area contributed by atoms with E-state index in [0.29, 0.717) is 0 Å². The minimum Gasteiger partial charge on any atom is -0.370 e. The summed E-state index contributed by atoms with van der Waals surface area (Å²) in [5, 5.41) is 3.44. The Hall–Kier alpha value is -1.13. The third-order valence-corrected chi connectivity index (χ3v) is 4.30. The van der Waals surface area contributed by atoms with Gasteiger partial charge in [-0.05, 0) is 25.3 Å². The van der Waals surface area contributed by atoms with Crippen molar-refractivity contribution in [3.05, 3.63) is 23.9 Å². The number of anilines is 1. The zero-order chi connectivity index (χ0) is 13.8. The molecule has 1 aromatic heterocycles. The molecule has 20 heavy (non-hydrogen) atoms. The number of rotatable bonds is 6. The van der Waals surface area contributed by atoms with Crippen LogP contribution in [0.3, 0.4) is 0 Å². The van der Waals surface area contributed by atoms with Crippen molar-refractivity contribution in [1.29, 1.82) is 0 Å². The average Bonchev–Trinajstić information content (AvgIpc) is 3.32. The number of aromatic nitrogens is 1. The molecule has 2 fully saturated rings. The number of nitrogens with zero attached hydrogens (tertiary/aromatic N) is 3. The van der Waals surface area contributed by atoms with Crippen LogP contribution in [0.2, 0.25) is 0 Å². The van der Waals surface area contributed by atoms with Crippen LogP contribution < -0.4 is 5.32 Å². The van der Waals surface area contributed by atoms with Gasteiger partial charge in [-0.2, -0.15) is 0 Å². The van der Waals surface area contributed by atoms with E-state index in [-0.39, 0.29) is 0 Å². The third-order valence-electron chi connectivity index (χ3n) is 4.30. The first-order valence-corrected chi connectivity index (χ1v) is 8.01. The zero-order valence-corrected chi connectivity index (χ0v) is 12.5. The monoisotopic (exact) mass is 274 g/mol. The summed E-state index contributed by atoms with van der Waals surface area (Å²) < 4.78 is 0. The quantitative estimate of drug-likeness (QED) is 0.861. The van der Waals surface area contributed by atoms with E-state index in [1.807, 2.05) is 12.3 Å². The summed E-state index contributed by atoms with van der Waals surface area (Å²) in [5.74, 6) is 1.07. The molecule has 0 unspecified atom stereocenters. The van der Waals surface area contributed by atoms with Gasteiger partial charge in [0.1, 0.15) is 5.82 Å². The van der Waals surface area contributed by atoms with E-state index in [9.17, 15) is 0 Å². The van der Waals surface area contributed by atoms with Crippen LogP contribution in [-0.4, -0.2) is 53.5 Å². The first-order chi connectivity index (χ1) is 9.86. The van der Waals surface area contributed by atoms with Crippen LogP contribution in [0, 0.1) is 0 Å². The van der Waals surface area contributed by atoms with Crippen LogP contribution in [0.4, 0.5) is 5.82 Å². The SMILES string of the molecule is CCCNc1ncccc1CN1CCN(C2CC2)CC1. The largest absolute Gasteiger partial charge is 0.370 e. The molecule has 2 heterocycles. The van der Waals surface area contributed by atoms with Crippen molar-refractivity contribution in [2.75, 3.05) is 38.0 Å². The summed E-state index contributed by atoms with van der Waals surface area (Å²) in [6.45, 7) is 9.08. The van der Waals surface area contributed by atoms with Crippen LogP contribution >= 0.6 is 0 Å². The smallest absolute Gasteiger partial charge is 0.130 e. The molecule has 2 aliphatic rings. The normalized spacial score (nSPS) is 21.1. The standard InChI is InChI=1S/C16H26N4/c1-2-7-17-16-14(4-3-8-18-16)13-19-9-11-20(12-10-19)15-5-6-15/h3-4,8,15H,2,5-7,9-13H2,1H3,(H,17,18). The number of hydrogen-bond acceptors (Lipinski definition) is 4. The minimum absolute atomic E-state index is 0.914. The molecule has 0 bridgehead atoms. The van der Waals surface area contributed by atoms with Crippen molar-refractivity contribution in [2.24, 2.45) is 0 Å². The molecule has 1 aliphatic heterocycles. The van der Waals surface area contributed by atoms with Gasteiger partial charge in [0.15, 0.2) is 0 Å². The Kier molecular flexibility index (Phi) is 4.53. The second-order valence-corrected chi connectivity index (χ2v) is 5.98. The lowest BCUT2D eigenvalue weighted by Gasteiger charge is -2.35. The van der Waals surface area contributed by atoms with Gasteiger partial charge >= 0.3 is 0 Å². The van der Waals surface area contributed by atoms with E-state index in [4.69, 9.17) is 0 Å². The molecule has 1 saturated carbocycles. The fourth-order valence-corrected chi connectivity index (χ4v) is 2.94. The Morgan fingerprint density at radius 3 is 2.75 bits per heavy atom. The third kappa shape index (κ3) is 3.49. The van der Waals surface area contributed by atoms with Crippen LogP contribution in [0.5, 0.6) is 0 Å². The molecule has 0 aromatic carbocycles. The Balaban J connectivity index is 1.54. The van der Waals surface area contributed by atoms with E-state index in [1.165, 1.54) is 44.6 Å². The molecule has 0 radical (unpaired) electrons. The highest BCUT2D eigenvalue weighted by molar-refractivity contribution is 5.43. The predicted octanol–water partition coefficient (Wildman–Crippen LogP) is 2.18. The van der Waals surface area contributed by atoms with E-state index in [0.717, 1.165) is 31.4 Å². The second kappa shape index (κ2) is 6.55. The van der Waals surface area contributed by atoms with Gasteiger partial charge in [0.2, 0.25) is 0 Å². The lowest BCUT2D eigenvalue weighted by molar-refractivity contribution is 0.121. The number of pyridine rings is 1. The molecule has 4 heteroatoms. The van der Waals surface area contributed by atoms with Gasteiger partial charge in [0.25, 0.3) is 0 Å². The Morgan fingerprint density at radius 1 is 1.25 bits per heavy atom. The highest BCUT2D eigenvalue weighted by atomic mass is 15.3. The minimum atomic E-state index is 0.914. The lowest BCUT2D eigenvalue weighted by Crippen LogP contribution is -2.46. The lowest BCUT2D eigenvalue weighted by atomic mass is 10.2. The molecule has 1 N–H and O–H groups in total. The topological polar surface area (TPSA) is 31.4 Å². The summed E-state index contributed by atoms with van der Waals surface area (Å²) in [6.07, 6.45) is 5.87. The molecule has 110 valence electrons. The Bertz CT molecular complexity index is 422. The Labute approximate surface area is 122 Å². The fourth-order valence-electron chi connectivity index (χ4n) is 2.94. The van der Waals surface area contributed by atoms with E-state index >= 15 is 0 Å². The van der Waals surface area contributed by atoms with Gasteiger partial charge in [-0.25, -0.2) is 4.98 Å². The van der Waals surface area contributed by atoms with Gasteiger partial charge in [0, 0.05) is 57.1 Å². The molecule has 0 atom stereocenters. The van der Waals surface area contributed by atoms with Crippen LogP contribution in [0.1, 0.15) is 31.7 Å². The molecular weight excluding hydrogens is 248 g/mol. The van der Waals surface area contributed by atoms with Gasteiger partial charge in [0.05, 0.1) is 0 Å². The first-order valence-electron chi connectivity index (χ1n) is 8.01. The number of hydrogen-bond donors (Lipinski definition) is 1. The van der Waals surface area contributed by atoms with E-state index in [2.05, 4.69) is 33.1 Å². The number of piperazine rings is 1. The maximum atomic E-state index is 4.49. The van der Waals surface area contributed by atoms with Crippen molar-refractivity contribution in [2.45, 2.75) is 38.8 Å². The molecule has 3 rings (SSSR count). The van der Waals surface area contributed by atoms with E-state index < -0.39 is 0 Å². The van der Waals surface area contributed by atoms with Gasteiger partial charge in [-0.3, -0.25) is 9.80 Å². The Morgan fingerprint density at radius 2 is 2.05 bits per heavy atom. The van der Waals surface area contributed by atoms with E-state index in [1.54, 1.807) is 0 Å². The molecular formula is C16H26N4. The van der Waals surface area contributed by atoms with Crippen LogP contribution in [0.15, 0.2) is 18.3 Å². The maximum absolute atomic E-state index is 4.49. The number of nitrogens with one attached hydrogen (secondary N) is 1. The molecule has 0 amide bonds.